The van der Waals surface area contributed by atoms with E-state index in [0.29, 0.717) is 19.5 Å². The van der Waals surface area contributed by atoms with Crippen LogP contribution in [0.2, 0.25) is 0 Å². The minimum absolute atomic E-state index is 0.0112. The lowest BCUT2D eigenvalue weighted by atomic mass is 10.1. The third-order valence-corrected chi connectivity index (χ3v) is 4.55. The van der Waals surface area contributed by atoms with Crippen LogP contribution in [0, 0.1) is 6.92 Å². The first kappa shape index (κ1) is 17.7. The number of carbonyl (C=O) groups excluding carboxylic acids is 2. The molecule has 0 radical (unpaired) electrons. The largest absolute Gasteiger partial charge is 0.370 e. The van der Waals surface area contributed by atoms with E-state index in [0.717, 1.165) is 27.7 Å². The number of rotatable bonds is 7. The number of carbonyl (C=O) groups is 2. The number of benzene rings is 2. The number of amides is 2. The molecule has 0 aliphatic carbocycles. The molecule has 2 aromatic carbocycles. The smallest absolute Gasteiger partial charge is 0.227 e. The van der Waals surface area contributed by atoms with Crippen LogP contribution in [0.5, 0.6) is 0 Å². The van der Waals surface area contributed by atoms with Crippen LogP contribution in [0.3, 0.4) is 0 Å². The Hall–Kier alpha value is -3.08. The highest BCUT2D eigenvalue weighted by Gasteiger charge is 2.18. The van der Waals surface area contributed by atoms with E-state index in [2.05, 4.69) is 4.98 Å². The third kappa shape index (κ3) is 4.11. The molecule has 0 fully saturated rings. The second kappa shape index (κ2) is 7.87. The molecule has 3 aromatic rings. The number of fused-ring (bicyclic) bond motifs is 1. The fraction of sp³-hybridized carbons (Fsp3) is 0.238. The molecular weight excluding hydrogens is 326 g/mol. The number of hydrogen-bond acceptors (Lipinski definition) is 2. The second-order valence-corrected chi connectivity index (χ2v) is 6.47. The van der Waals surface area contributed by atoms with Crippen molar-refractivity contribution < 1.29 is 9.59 Å². The molecule has 3 N–H and O–H groups in total. The van der Waals surface area contributed by atoms with Crippen molar-refractivity contribution in [3.05, 3.63) is 71.4 Å². The summed E-state index contributed by atoms with van der Waals surface area (Å²) in [5.41, 5.74) is 9.34. The van der Waals surface area contributed by atoms with Gasteiger partial charge in [-0.1, -0.05) is 48.5 Å². The molecule has 5 heteroatoms. The molecule has 26 heavy (non-hydrogen) atoms. The van der Waals surface area contributed by atoms with Gasteiger partial charge in [-0.3, -0.25) is 9.59 Å². The Bertz CT molecular complexity index is 915. The van der Waals surface area contributed by atoms with Crippen molar-refractivity contribution in [1.82, 2.24) is 9.88 Å². The van der Waals surface area contributed by atoms with Gasteiger partial charge in [0.2, 0.25) is 11.8 Å². The van der Waals surface area contributed by atoms with Gasteiger partial charge in [-0.05, 0) is 24.1 Å². The topological polar surface area (TPSA) is 79.2 Å². The summed E-state index contributed by atoms with van der Waals surface area (Å²) in [4.78, 5) is 29.2. The molecule has 0 saturated heterocycles. The lowest BCUT2D eigenvalue weighted by molar-refractivity contribution is -0.131. The number of nitrogens with two attached hydrogens (primary N) is 1. The fourth-order valence-electron chi connectivity index (χ4n) is 3.17. The number of H-pyrrole nitrogens is 1. The molecule has 5 nitrogen and oxygen atoms in total. The zero-order valence-electron chi connectivity index (χ0n) is 14.9. The van der Waals surface area contributed by atoms with Crippen LogP contribution in [-0.2, 0) is 22.6 Å². The number of primary amides is 1. The Morgan fingerprint density at radius 3 is 2.46 bits per heavy atom. The van der Waals surface area contributed by atoms with Crippen LogP contribution in [0.25, 0.3) is 10.9 Å². The third-order valence-electron chi connectivity index (χ3n) is 4.55. The number of hydrogen-bond donors (Lipinski definition) is 2. The number of nitrogens with one attached hydrogen (secondary N) is 1. The van der Waals surface area contributed by atoms with Crippen molar-refractivity contribution in [2.24, 2.45) is 5.73 Å². The average Bonchev–Trinajstić information content (AvgIpc) is 2.95. The summed E-state index contributed by atoms with van der Waals surface area (Å²) in [5.74, 6) is -0.415. The summed E-state index contributed by atoms with van der Waals surface area (Å²) in [5, 5.41) is 1.06. The summed E-state index contributed by atoms with van der Waals surface area (Å²) >= 11 is 0. The molecule has 0 saturated carbocycles. The summed E-state index contributed by atoms with van der Waals surface area (Å²) < 4.78 is 0. The van der Waals surface area contributed by atoms with Crippen molar-refractivity contribution in [3.8, 4) is 0 Å². The van der Waals surface area contributed by atoms with Crippen molar-refractivity contribution in [2.45, 2.75) is 26.3 Å². The minimum Gasteiger partial charge on any atom is -0.370 e. The number of aromatic amines is 1. The summed E-state index contributed by atoms with van der Waals surface area (Å²) in [6.07, 6.45) is 0.451. The van der Waals surface area contributed by atoms with E-state index in [-0.39, 0.29) is 12.3 Å². The maximum Gasteiger partial charge on any atom is 0.227 e. The van der Waals surface area contributed by atoms with Crippen LogP contribution in [-0.4, -0.2) is 28.2 Å². The molecule has 3 rings (SSSR count). The maximum absolute atomic E-state index is 13.0. The Kier molecular flexibility index (Phi) is 5.37. The van der Waals surface area contributed by atoms with Crippen molar-refractivity contribution in [1.29, 1.82) is 0 Å². The van der Waals surface area contributed by atoms with E-state index < -0.39 is 5.91 Å². The van der Waals surface area contributed by atoms with Gasteiger partial charge in [-0.2, -0.15) is 0 Å². The Balaban J connectivity index is 1.81. The molecule has 0 aliphatic rings. The van der Waals surface area contributed by atoms with Gasteiger partial charge in [-0.15, -0.1) is 0 Å². The molecule has 0 spiro atoms. The number of aromatic nitrogens is 1. The molecule has 0 atom stereocenters. The standard InChI is InChI=1S/C21H23N3O2/c1-15-18(17-9-5-6-10-19(17)23-15)13-21(26)24(12-11-20(22)25)14-16-7-3-2-4-8-16/h2-10,23H,11-14H2,1H3,(H2,22,25). The molecule has 2 amide bonds. The van der Waals surface area contributed by atoms with E-state index in [9.17, 15) is 9.59 Å². The Morgan fingerprint density at radius 1 is 1.04 bits per heavy atom. The molecule has 0 bridgehead atoms. The molecule has 0 unspecified atom stereocenters. The van der Waals surface area contributed by atoms with Gasteiger partial charge in [0.15, 0.2) is 0 Å². The summed E-state index contributed by atoms with van der Waals surface area (Å²) in [6.45, 7) is 2.77. The van der Waals surface area contributed by atoms with Crippen molar-refractivity contribution >= 4 is 22.7 Å². The van der Waals surface area contributed by atoms with Gasteiger partial charge in [0.1, 0.15) is 0 Å². The lowest BCUT2D eigenvalue weighted by Crippen LogP contribution is -2.34. The molecule has 1 heterocycles. The van der Waals surface area contributed by atoms with E-state index in [1.807, 2.05) is 61.5 Å². The van der Waals surface area contributed by atoms with Crippen LogP contribution < -0.4 is 5.73 Å². The number of para-hydroxylation sites is 1. The highest BCUT2D eigenvalue weighted by molar-refractivity contribution is 5.90. The van der Waals surface area contributed by atoms with Crippen molar-refractivity contribution in [3.63, 3.8) is 0 Å². The molecule has 134 valence electrons. The number of nitrogens with zero attached hydrogens (tertiary/aromatic N) is 1. The van der Waals surface area contributed by atoms with E-state index in [1.54, 1.807) is 4.90 Å². The Morgan fingerprint density at radius 2 is 1.73 bits per heavy atom. The molecular formula is C21H23N3O2. The van der Waals surface area contributed by atoms with Gasteiger partial charge in [0.25, 0.3) is 0 Å². The van der Waals surface area contributed by atoms with Crippen LogP contribution in [0.15, 0.2) is 54.6 Å². The van der Waals surface area contributed by atoms with Crippen molar-refractivity contribution in [2.75, 3.05) is 6.54 Å². The monoisotopic (exact) mass is 349 g/mol. The SMILES string of the molecule is Cc1[nH]c2ccccc2c1CC(=O)N(CCC(N)=O)Cc1ccccc1. The van der Waals surface area contributed by atoms with Gasteiger partial charge < -0.3 is 15.6 Å². The lowest BCUT2D eigenvalue weighted by Gasteiger charge is -2.22. The first-order chi connectivity index (χ1) is 12.5. The predicted octanol–water partition coefficient (Wildman–Crippen LogP) is 2.92. The van der Waals surface area contributed by atoms with Crippen LogP contribution in [0.4, 0.5) is 0 Å². The first-order valence-electron chi connectivity index (χ1n) is 8.71. The zero-order valence-corrected chi connectivity index (χ0v) is 14.9. The van der Waals surface area contributed by atoms with Gasteiger partial charge in [0.05, 0.1) is 6.42 Å². The minimum atomic E-state index is -0.404. The normalized spacial score (nSPS) is 10.8. The highest BCUT2D eigenvalue weighted by atomic mass is 16.2. The summed E-state index contributed by atoms with van der Waals surface area (Å²) in [7, 11) is 0. The second-order valence-electron chi connectivity index (χ2n) is 6.47. The van der Waals surface area contributed by atoms with Crippen LogP contribution >= 0.6 is 0 Å². The average molecular weight is 349 g/mol. The van der Waals surface area contributed by atoms with Gasteiger partial charge in [-0.25, -0.2) is 0 Å². The zero-order chi connectivity index (χ0) is 18.5. The number of aryl methyl sites for hydroxylation is 1. The van der Waals surface area contributed by atoms with E-state index in [4.69, 9.17) is 5.73 Å². The fourth-order valence-corrected chi connectivity index (χ4v) is 3.17. The summed E-state index contributed by atoms with van der Waals surface area (Å²) in [6, 6.07) is 17.7. The van der Waals surface area contributed by atoms with Gasteiger partial charge in [0, 0.05) is 36.1 Å². The van der Waals surface area contributed by atoms with E-state index in [1.165, 1.54) is 0 Å². The molecule has 1 aromatic heterocycles. The Labute approximate surface area is 152 Å². The predicted molar refractivity (Wildman–Crippen MR) is 102 cm³/mol. The molecule has 0 aliphatic heterocycles. The maximum atomic E-state index is 13.0. The van der Waals surface area contributed by atoms with E-state index >= 15 is 0 Å². The quantitative estimate of drug-likeness (QED) is 0.688. The van der Waals surface area contributed by atoms with Gasteiger partial charge >= 0.3 is 0 Å². The first-order valence-corrected chi connectivity index (χ1v) is 8.71. The van der Waals surface area contributed by atoms with Crippen LogP contribution in [0.1, 0.15) is 23.2 Å². The highest BCUT2D eigenvalue weighted by Crippen LogP contribution is 2.23.